The van der Waals surface area contributed by atoms with Gasteiger partial charge in [-0.05, 0) is 0 Å². The van der Waals surface area contributed by atoms with Crippen molar-refractivity contribution in [2.75, 3.05) is 12.3 Å². The monoisotopic (exact) mass is 364 g/mol. The molecule has 2 aromatic rings. The molecule has 132 valence electrons. The van der Waals surface area contributed by atoms with Gasteiger partial charge in [0, 0.05) is 0 Å². The maximum absolute atomic E-state index is 14.6. The first-order chi connectivity index (χ1) is 11.2. The van der Waals surface area contributed by atoms with Crippen LogP contribution in [-0.4, -0.2) is 59.3 Å². The van der Waals surface area contributed by atoms with Crippen molar-refractivity contribution in [1.29, 1.82) is 0 Å². The summed E-state index contributed by atoms with van der Waals surface area (Å²) in [5.74, 6) is -3.49. The summed E-state index contributed by atoms with van der Waals surface area (Å²) in [4.78, 5) is 30.5. The van der Waals surface area contributed by atoms with Gasteiger partial charge in [0.1, 0.15) is 12.2 Å². The third-order valence-electron chi connectivity index (χ3n) is 3.49. The van der Waals surface area contributed by atoms with Crippen molar-refractivity contribution in [1.82, 2.24) is 19.5 Å². The average Bonchev–Trinajstić information content (AvgIpc) is 2.98. The molecule has 0 aliphatic carbocycles. The molecule has 0 amide bonds. The van der Waals surface area contributed by atoms with Gasteiger partial charge in [0.25, 0.3) is 11.4 Å². The minimum absolute atomic E-state index is 0.144. The molecule has 3 heterocycles. The van der Waals surface area contributed by atoms with Gasteiger partial charge in [0.05, 0.1) is 12.9 Å². The number of aliphatic hydroxyl groups excluding tert-OH is 1. The van der Waals surface area contributed by atoms with Crippen LogP contribution in [0.3, 0.4) is 0 Å². The lowest BCUT2D eigenvalue weighted by molar-refractivity contribution is -0.195. The Morgan fingerprint density at radius 2 is 2.33 bits per heavy atom. The molecule has 0 bridgehead atoms. The Kier molecular flexibility index (Phi) is 4.25. The Morgan fingerprint density at radius 3 is 3.00 bits per heavy atom. The second-order valence-corrected chi connectivity index (χ2v) is 5.94. The highest BCUT2D eigenvalue weighted by molar-refractivity contribution is 7.43. The topological polar surface area (TPSA) is 195 Å². The number of alkyl halides is 1. The fourth-order valence-corrected chi connectivity index (χ4v) is 2.70. The molecule has 14 heteroatoms. The molecule has 0 spiro atoms. The summed E-state index contributed by atoms with van der Waals surface area (Å²) in [5.41, 5.74) is 9.53. The molecule has 1 saturated heterocycles. The van der Waals surface area contributed by atoms with Gasteiger partial charge in [-0.3, -0.25) is 19.8 Å². The highest BCUT2D eigenvalue weighted by Gasteiger charge is 2.58. The van der Waals surface area contributed by atoms with Crippen LogP contribution in [0.15, 0.2) is 11.1 Å². The molecule has 1 fully saturated rings. The number of H-pyrrole nitrogens is 1. The standard InChI is InChI=1S/C10H14FN6O6P/c11-10(20)5(18)3(1-22-24(13)21)23-8(10)17-2-14-4-6(17)15-9(12)16-7(4)19/h2-3,5,8,18,20-21H,1,13H2,(H3,12,15,16,19)/t3-,5-,8-,10-,24?/m1/s1. The predicted octanol–water partition coefficient (Wildman–Crippen LogP) is -2.19. The summed E-state index contributed by atoms with van der Waals surface area (Å²) < 4.78 is 25.4. The lowest BCUT2D eigenvalue weighted by Crippen LogP contribution is -2.43. The summed E-state index contributed by atoms with van der Waals surface area (Å²) in [5, 5.41) is 19.8. The lowest BCUT2D eigenvalue weighted by Gasteiger charge is -2.23. The largest absolute Gasteiger partial charge is 0.384 e. The van der Waals surface area contributed by atoms with E-state index in [1.807, 2.05) is 0 Å². The Morgan fingerprint density at radius 1 is 1.62 bits per heavy atom. The molecule has 0 aromatic carbocycles. The molecule has 5 atom stereocenters. The van der Waals surface area contributed by atoms with Crippen molar-refractivity contribution in [3.05, 3.63) is 16.7 Å². The number of halogens is 1. The van der Waals surface area contributed by atoms with E-state index in [0.29, 0.717) is 0 Å². The first-order valence-electron chi connectivity index (χ1n) is 6.55. The van der Waals surface area contributed by atoms with Crippen LogP contribution in [0.2, 0.25) is 0 Å². The van der Waals surface area contributed by atoms with Gasteiger partial charge in [-0.25, -0.2) is 9.37 Å². The van der Waals surface area contributed by atoms with Crippen LogP contribution in [0.5, 0.6) is 0 Å². The van der Waals surface area contributed by atoms with Crippen LogP contribution >= 0.6 is 8.53 Å². The fraction of sp³-hybridized carbons (Fsp3) is 0.500. The van der Waals surface area contributed by atoms with E-state index in [4.69, 9.17) is 25.4 Å². The molecule has 0 radical (unpaired) electrons. The average molecular weight is 364 g/mol. The van der Waals surface area contributed by atoms with Gasteiger partial charge in [-0.15, -0.1) is 0 Å². The van der Waals surface area contributed by atoms with Crippen molar-refractivity contribution < 1.29 is 28.8 Å². The van der Waals surface area contributed by atoms with Crippen LogP contribution < -0.4 is 16.8 Å². The predicted molar refractivity (Wildman–Crippen MR) is 77.8 cm³/mol. The number of ether oxygens (including phenoxy) is 1. The highest BCUT2D eigenvalue weighted by Crippen LogP contribution is 2.41. The Labute approximate surface area is 133 Å². The summed E-state index contributed by atoms with van der Waals surface area (Å²) in [6.07, 6.45) is -4.10. The minimum atomic E-state index is -3.24. The van der Waals surface area contributed by atoms with Gasteiger partial charge in [-0.1, -0.05) is 0 Å². The molecule has 1 aliphatic heterocycles. The SMILES string of the molecule is Nc1nc2c(ncn2[C@@H]2O[C@H](COP(N)O)[C@@H](O)[C@]2(O)F)c(=O)[nH]1. The summed E-state index contributed by atoms with van der Waals surface area (Å²) in [6.45, 7) is -0.467. The zero-order chi connectivity index (χ0) is 17.6. The van der Waals surface area contributed by atoms with E-state index < -0.39 is 45.0 Å². The zero-order valence-electron chi connectivity index (χ0n) is 11.9. The van der Waals surface area contributed by atoms with Crippen LogP contribution in [0, 0.1) is 0 Å². The second-order valence-electron chi connectivity index (χ2n) is 5.07. The third-order valence-corrected chi connectivity index (χ3v) is 3.91. The third kappa shape index (κ3) is 2.75. The number of fused-ring (bicyclic) bond motifs is 1. The number of hydrogen-bond acceptors (Lipinski definition) is 10. The number of imidazole rings is 1. The number of aliphatic hydroxyl groups is 2. The van der Waals surface area contributed by atoms with E-state index in [1.54, 1.807) is 0 Å². The number of aromatic amines is 1. The molecule has 0 saturated carbocycles. The normalized spacial score (nSPS) is 31.6. The molecule has 8 N–H and O–H groups in total. The van der Waals surface area contributed by atoms with Crippen LogP contribution in [0.25, 0.3) is 11.2 Å². The molecular weight excluding hydrogens is 350 g/mol. The van der Waals surface area contributed by atoms with Gasteiger partial charge in [0.15, 0.2) is 17.4 Å². The smallest absolute Gasteiger partial charge is 0.281 e. The van der Waals surface area contributed by atoms with Gasteiger partial charge >= 0.3 is 0 Å². The number of anilines is 1. The minimum Gasteiger partial charge on any atom is -0.384 e. The fourth-order valence-electron chi connectivity index (χ4n) is 2.40. The zero-order valence-corrected chi connectivity index (χ0v) is 12.8. The van der Waals surface area contributed by atoms with Crippen molar-refractivity contribution in [2.45, 2.75) is 24.3 Å². The summed E-state index contributed by atoms with van der Waals surface area (Å²) in [7, 11) is -2.25. The van der Waals surface area contributed by atoms with E-state index in [9.17, 15) is 19.4 Å². The summed E-state index contributed by atoms with van der Waals surface area (Å²) >= 11 is 0. The molecule has 24 heavy (non-hydrogen) atoms. The van der Waals surface area contributed by atoms with Crippen LogP contribution in [-0.2, 0) is 9.26 Å². The second kappa shape index (κ2) is 5.97. The maximum Gasteiger partial charge on any atom is 0.281 e. The molecular formula is C10H14FN6O6P. The molecule has 12 nitrogen and oxygen atoms in total. The van der Waals surface area contributed by atoms with E-state index >= 15 is 0 Å². The molecule has 1 aliphatic rings. The Hall–Kier alpha value is -1.73. The van der Waals surface area contributed by atoms with Crippen LogP contribution in [0.4, 0.5) is 10.3 Å². The van der Waals surface area contributed by atoms with E-state index in [2.05, 4.69) is 15.0 Å². The van der Waals surface area contributed by atoms with Gasteiger partial charge < -0.3 is 30.1 Å². The van der Waals surface area contributed by atoms with Crippen molar-refractivity contribution in [3.8, 4) is 0 Å². The maximum atomic E-state index is 14.6. The summed E-state index contributed by atoms with van der Waals surface area (Å²) in [6, 6.07) is 0. The number of nitrogens with one attached hydrogen (secondary N) is 1. The van der Waals surface area contributed by atoms with Crippen LogP contribution in [0.1, 0.15) is 6.23 Å². The first kappa shape index (κ1) is 17.1. The lowest BCUT2D eigenvalue weighted by atomic mass is 10.1. The quantitative estimate of drug-likeness (QED) is 0.324. The van der Waals surface area contributed by atoms with Crippen molar-refractivity contribution in [3.63, 3.8) is 0 Å². The molecule has 3 rings (SSSR count). The number of hydrogen-bond donors (Lipinski definition) is 6. The number of rotatable bonds is 4. The van der Waals surface area contributed by atoms with Gasteiger partial charge in [-0.2, -0.15) is 4.98 Å². The van der Waals surface area contributed by atoms with Gasteiger partial charge in [0.2, 0.25) is 14.5 Å². The first-order valence-corrected chi connectivity index (χ1v) is 7.83. The van der Waals surface area contributed by atoms with E-state index in [-0.39, 0.29) is 17.1 Å². The van der Waals surface area contributed by atoms with E-state index in [0.717, 1.165) is 10.9 Å². The Bertz CT molecular complexity index is 811. The van der Waals surface area contributed by atoms with Crippen molar-refractivity contribution >= 4 is 25.6 Å². The number of aromatic nitrogens is 4. The number of nitrogen functional groups attached to an aromatic ring is 1. The number of nitrogens with zero attached hydrogens (tertiary/aromatic N) is 3. The molecule has 1 unspecified atom stereocenters. The number of nitrogens with two attached hydrogens (primary N) is 2. The molecule has 2 aromatic heterocycles. The van der Waals surface area contributed by atoms with Crippen molar-refractivity contribution in [2.24, 2.45) is 5.50 Å². The van der Waals surface area contributed by atoms with E-state index in [1.165, 1.54) is 0 Å². The Balaban J connectivity index is 1.98. The highest BCUT2D eigenvalue weighted by atomic mass is 31.2.